The number of carbonyl (C=O) groups is 2. The number of benzene rings is 2. The van der Waals surface area contributed by atoms with Crippen LogP contribution in [0.25, 0.3) is 11.3 Å². The van der Waals surface area contributed by atoms with Crippen LogP contribution >= 0.6 is 11.3 Å². The zero-order chi connectivity index (χ0) is 20.8. The number of hydrogen-bond acceptors (Lipinski definition) is 8. The largest absolute Gasteiger partial charge is 0.497 e. The molecule has 10 heteroatoms. The minimum absolute atomic E-state index is 0.0111. The first-order chi connectivity index (χ1) is 14.0. The van der Waals surface area contributed by atoms with Crippen LogP contribution < -0.4 is 10.1 Å². The van der Waals surface area contributed by atoms with Gasteiger partial charge in [0.15, 0.2) is 11.7 Å². The van der Waals surface area contributed by atoms with E-state index in [-0.39, 0.29) is 11.3 Å². The van der Waals surface area contributed by atoms with Crippen molar-refractivity contribution in [1.82, 2.24) is 4.98 Å². The molecule has 0 saturated carbocycles. The third-order valence-corrected chi connectivity index (χ3v) is 4.52. The summed E-state index contributed by atoms with van der Waals surface area (Å²) in [4.78, 5) is 38.4. The molecule has 0 fully saturated rings. The summed E-state index contributed by atoms with van der Waals surface area (Å²) in [6, 6.07) is 12.4. The molecule has 0 spiro atoms. The molecule has 0 aliphatic carbocycles. The molecule has 0 atom stereocenters. The summed E-state index contributed by atoms with van der Waals surface area (Å²) in [5.74, 6) is -0.676. The topological polar surface area (TPSA) is 121 Å². The van der Waals surface area contributed by atoms with Crippen molar-refractivity contribution >= 4 is 34.0 Å². The number of hydrogen-bond donors (Lipinski definition) is 1. The first-order valence-corrected chi connectivity index (χ1v) is 9.15. The summed E-state index contributed by atoms with van der Waals surface area (Å²) >= 11 is 1.23. The van der Waals surface area contributed by atoms with Crippen molar-refractivity contribution in [2.45, 2.75) is 0 Å². The number of ether oxygens (including phenoxy) is 2. The van der Waals surface area contributed by atoms with Crippen molar-refractivity contribution in [1.29, 1.82) is 0 Å². The second kappa shape index (κ2) is 8.93. The highest BCUT2D eigenvalue weighted by molar-refractivity contribution is 7.14. The number of thiazole rings is 1. The molecule has 148 valence electrons. The third-order valence-electron chi connectivity index (χ3n) is 3.76. The van der Waals surface area contributed by atoms with Gasteiger partial charge in [0.05, 0.1) is 23.3 Å². The van der Waals surface area contributed by atoms with Crippen LogP contribution in [0.1, 0.15) is 10.4 Å². The van der Waals surface area contributed by atoms with Gasteiger partial charge in [0, 0.05) is 23.1 Å². The van der Waals surface area contributed by atoms with Crippen LogP contribution in [-0.2, 0) is 9.53 Å². The molecule has 0 aliphatic heterocycles. The van der Waals surface area contributed by atoms with E-state index >= 15 is 0 Å². The molecule has 1 N–H and O–H groups in total. The Hall–Kier alpha value is -3.79. The number of nitro benzene ring substituents is 1. The van der Waals surface area contributed by atoms with Crippen LogP contribution in [0.2, 0.25) is 0 Å². The van der Waals surface area contributed by atoms with Crippen molar-refractivity contribution in [3.05, 3.63) is 69.6 Å². The fourth-order valence-electron chi connectivity index (χ4n) is 2.34. The maximum atomic E-state index is 12.0. The number of anilines is 1. The van der Waals surface area contributed by atoms with E-state index in [2.05, 4.69) is 10.3 Å². The van der Waals surface area contributed by atoms with Gasteiger partial charge in [0.25, 0.3) is 11.6 Å². The Kier molecular flexibility index (Phi) is 6.15. The Labute approximate surface area is 169 Å². The Morgan fingerprint density at radius 3 is 2.66 bits per heavy atom. The van der Waals surface area contributed by atoms with Crippen molar-refractivity contribution in [3.8, 4) is 17.0 Å². The Morgan fingerprint density at radius 2 is 1.97 bits per heavy atom. The van der Waals surface area contributed by atoms with Gasteiger partial charge in [0.2, 0.25) is 0 Å². The number of methoxy groups -OCH3 is 1. The summed E-state index contributed by atoms with van der Waals surface area (Å²) < 4.78 is 10.0. The zero-order valence-electron chi connectivity index (χ0n) is 15.2. The summed E-state index contributed by atoms with van der Waals surface area (Å²) in [5.41, 5.74) is 1.29. The highest BCUT2D eigenvalue weighted by Gasteiger charge is 2.15. The zero-order valence-corrected chi connectivity index (χ0v) is 16.0. The van der Waals surface area contributed by atoms with E-state index in [1.807, 2.05) is 12.1 Å². The van der Waals surface area contributed by atoms with Crippen LogP contribution in [0.15, 0.2) is 53.9 Å². The van der Waals surface area contributed by atoms with Crippen molar-refractivity contribution in [2.24, 2.45) is 0 Å². The predicted octanol–water partition coefficient (Wildman–Crippen LogP) is 3.52. The fraction of sp³-hybridized carbons (Fsp3) is 0.105. The summed E-state index contributed by atoms with van der Waals surface area (Å²) in [6.07, 6.45) is 0. The van der Waals surface area contributed by atoms with Crippen LogP contribution in [0.5, 0.6) is 5.75 Å². The van der Waals surface area contributed by atoms with Crippen LogP contribution in [0.4, 0.5) is 10.8 Å². The number of amides is 1. The second-order valence-electron chi connectivity index (χ2n) is 5.70. The Bertz CT molecular complexity index is 1050. The first kappa shape index (κ1) is 20.0. The normalized spacial score (nSPS) is 10.2. The molecule has 0 saturated heterocycles. The molecule has 29 heavy (non-hydrogen) atoms. The van der Waals surface area contributed by atoms with E-state index < -0.39 is 23.4 Å². The summed E-state index contributed by atoms with van der Waals surface area (Å²) in [5, 5.41) is 15.4. The SMILES string of the molecule is COc1ccc(-c2csc(NC(=O)COC(=O)c3cccc([N+](=O)[O-])c3)n2)cc1. The predicted molar refractivity (Wildman–Crippen MR) is 106 cm³/mol. The molecule has 3 rings (SSSR count). The van der Waals surface area contributed by atoms with E-state index in [4.69, 9.17) is 9.47 Å². The maximum absolute atomic E-state index is 12.0. The molecule has 1 amide bonds. The van der Waals surface area contributed by atoms with Crippen LogP contribution in [-0.4, -0.2) is 35.5 Å². The van der Waals surface area contributed by atoms with Crippen molar-refractivity contribution in [3.63, 3.8) is 0 Å². The van der Waals surface area contributed by atoms with Crippen molar-refractivity contribution < 1.29 is 24.0 Å². The molecule has 0 radical (unpaired) electrons. The lowest BCUT2D eigenvalue weighted by Gasteiger charge is -2.05. The quantitative estimate of drug-likeness (QED) is 0.357. The average Bonchev–Trinajstić information content (AvgIpc) is 3.20. The average molecular weight is 413 g/mol. The van der Waals surface area contributed by atoms with Gasteiger partial charge in [-0.25, -0.2) is 9.78 Å². The number of non-ortho nitro benzene ring substituents is 1. The molecule has 0 unspecified atom stereocenters. The third kappa shape index (κ3) is 5.14. The van der Waals surface area contributed by atoms with E-state index in [0.717, 1.165) is 17.4 Å². The van der Waals surface area contributed by atoms with Gasteiger partial charge >= 0.3 is 5.97 Å². The van der Waals surface area contributed by atoms with Gasteiger partial charge in [0.1, 0.15) is 5.75 Å². The van der Waals surface area contributed by atoms with Gasteiger partial charge in [-0.1, -0.05) is 6.07 Å². The summed E-state index contributed by atoms with van der Waals surface area (Å²) in [6.45, 7) is -0.543. The minimum Gasteiger partial charge on any atom is -0.497 e. The number of nitrogens with zero attached hydrogens (tertiary/aromatic N) is 2. The lowest BCUT2D eigenvalue weighted by molar-refractivity contribution is -0.384. The standard InChI is InChI=1S/C19H15N3O6S/c1-27-15-7-5-12(6-8-15)16-11-29-19(20-16)21-17(23)10-28-18(24)13-3-2-4-14(9-13)22(25)26/h2-9,11H,10H2,1H3,(H,20,21,23). The number of nitro groups is 1. The van der Waals surface area contributed by atoms with Gasteiger partial charge in [-0.05, 0) is 30.3 Å². The summed E-state index contributed by atoms with van der Waals surface area (Å²) in [7, 11) is 1.58. The fourth-order valence-corrected chi connectivity index (χ4v) is 3.08. The smallest absolute Gasteiger partial charge is 0.338 e. The number of aromatic nitrogens is 1. The molecular formula is C19H15N3O6S. The molecule has 3 aromatic rings. The van der Waals surface area contributed by atoms with Gasteiger partial charge in [-0.3, -0.25) is 20.2 Å². The minimum atomic E-state index is -0.832. The molecule has 9 nitrogen and oxygen atoms in total. The lowest BCUT2D eigenvalue weighted by atomic mass is 10.2. The Morgan fingerprint density at radius 1 is 1.21 bits per heavy atom. The number of nitrogens with one attached hydrogen (secondary N) is 1. The molecule has 2 aromatic carbocycles. The number of esters is 1. The Balaban J connectivity index is 1.55. The second-order valence-corrected chi connectivity index (χ2v) is 6.56. The van der Waals surface area contributed by atoms with Crippen molar-refractivity contribution in [2.75, 3.05) is 19.0 Å². The molecule has 0 aliphatic rings. The van der Waals surface area contributed by atoms with Crippen LogP contribution in [0.3, 0.4) is 0 Å². The molecule has 1 heterocycles. The maximum Gasteiger partial charge on any atom is 0.338 e. The molecule has 0 bridgehead atoms. The van der Waals surface area contributed by atoms with Gasteiger partial charge in [-0.2, -0.15) is 0 Å². The van der Waals surface area contributed by atoms with Crippen LogP contribution in [0, 0.1) is 10.1 Å². The van der Waals surface area contributed by atoms with E-state index in [1.165, 1.54) is 29.5 Å². The highest BCUT2D eigenvalue weighted by Crippen LogP contribution is 2.26. The highest BCUT2D eigenvalue weighted by atomic mass is 32.1. The van der Waals surface area contributed by atoms with Gasteiger partial charge < -0.3 is 9.47 Å². The number of rotatable bonds is 7. The lowest BCUT2D eigenvalue weighted by Crippen LogP contribution is -2.20. The molecular weight excluding hydrogens is 398 g/mol. The number of carbonyl (C=O) groups excluding carboxylic acids is 2. The molecule has 1 aromatic heterocycles. The van der Waals surface area contributed by atoms with Gasteiger partial charge in [-0.15, -0.1) is 11.3 Å². The van der Waals surface area contributed by atoms with E-state index in [1.54, 1.807) is 24.6 Å². The first-order valence-electron chi connectivity index (χ1n) is 8.27. The van der Waals surface area contributed by atoms with E-state index in [0.29, 0.717) is 10.8 Å². The van der Waals surface area contributed by atoms with E-state index in [9.17, 15) is 19.7 Å². The monoisotopic (exact) mass is 413 g/mol.